The summed E-state index contributed by atoms with van der Waals surface area (Å²) < 4.78 is 42.7. The Morgan fingerprint density at radius 2 is 1.80 bits per heavy atom. The van der Waals surface area contributed by atoms with Crippen LogP contribution >= 0.6 is 11.3 Å². The van der Waals surface area contributed by atoms with Crippen LogP contribution in [0.4, 0.5) is 13.2 Å². The first-order valence-corrected chi connectivity index (χ1v) is 9.66. The minimum atomic E-state index is -4.87. The predicted octanol–water partition coefficient (Wildman–Crippen LogP) is 3.01. The number of nitrogens with zero attached hydrogens (tertiary/aromatic N) is 2. The van der Waals surface area contributed by atoms with Crippen LogP contribution in [0.3, 0.4) is 0 Å². The van der Waals surface area contributed by atoms with Crippen LogP contribution in [-0.4, -0.2) is 33.2 Å². The summed E-state index contributed by atoms with van der Waals surface area (Å²) in [6.07, 6.45) is -4.53. The van der Waals surface area contributed by atoms with E-state index in [0.717, 1.165) is 14.7 Å². The fraction of sp³-hybridized carbons (Fsp3) is 0.316. The van der Waals surface area contributed by atoms with Gasteiger partial charge in [-0.3, -0.25) is 18.7 Å². The van der Waals surface area contributed by atoms with Gasteiger partial charge in [0.1, 0.15) is 9.71 Å². The molecule has 160 valence electrons. The average Bonchev–Trinajstić information content (AvgIpc) is 3.02. The largest absolute Gasteiger partial charge is 0.522 e. The van der Waals surface area contributed by atoms with E-state index in [-0.39, 0.29) is 27.2 Å². The zero-order valence-corrected chi connectivity index (χ0v) is 16.5. The highest BCUT2D eigenvalue weighted by atomic mass is 32.1. The zero-order valence-electron chi connectivity index (χ0n) is 15.7. The first-order chi connectivity index (χ1) is 14.1. The fourth-order valence-corrected chi connectivity index (χ4v) is 4.29. The molecule has 0 atom stereocenters. The quantitative estimate of drug-likeness (QED) is 0.608. The average molecular weight is 442 g/mol. The number of alkyl halides is 3. The summed E-state index contributed by atoms with van der Waals surface area (Å²) in [7, 11) is 0. The summed E-state index contributed by atoms with van der Waals surface area (Å²) >= 11 is 0.681. The molecular formula is C19H17F3N2O5S. The van der Waals surface area contributed by atoms with Crippen LogP contribution in [0.2, 0.25) is 0 Å². The van der Waals surface area contributed by atoms with Gasteiger partial charge in [0.05, 0.1) is 18.5 Å². The van der Waals surface area contributed by atoms with Gasteiger partial charge >= 0.3 is 18.0 Å². The highest BCUT2D eigenvalue weighted by Gasteiger charge is 2.29. The first-order valence-electron chi connectivity index (χ1n) is 8.85. The Balaban J connectivity index is 2.11. The van der Waals surface area contributed by atoms with Gasteiger partial charge in [0.25, 0.3) is 5.56 Å². The maximum absolute atomic E-state index is 13.0. The number of ether oxygens (including phenoxy) is 1. The van der Waals surface area contributed by atoms with Gasteiger partial charge in [-0.25, -0.2) is 9.59 Å². The molecule has 0 bridgehead atoms. The Hall–Kier alpha value is -2.92. The molecule has 7 nitrogen and oxygen atoms in total. The Labute approximate surface area is 171 Å². The predicted molar refractivity (Wildman–Crippen MR) is 104 cm³/mol. The van der Waals surface area contributed by atoms with Crippen LogP contribution in [0.25, 0.3) is 10.2 Å². The standard InChI is InChI=1S/C19H17F3N2O5S/c1-11-13-15(25)23(8-7-12-5-3-2-4-6-12)18(28)24(9-10-29-19(20,21)22)16(13)30-14(11)17(26)27/h2-6H,7-10H2,1H3,(H,26,27). The van der Waals surface area contributed by atoms with Crippen molar-refractivity contribution in [1.82, 2.24) is 9.13 Å². The maximum Gasteiger partial charge on any atom is 0.522 e. The van der Waals surface area contributed by atoms with Crippen molar-refractivity contribution in [1.29, 1.82) is 0 Å². The molecule has 2 aromatic heterocycles. The molecule has 2 heterocycles. The molecule has 0 unspecified atom stereocenters. The molecule has 30 heavy (non-hydrogen) atoms. The molecule has 0 amide bonds. The smallest absolute Gasteiger partial charge is 0.477 e. The van der Waals surface area contributed by atoms with Crippen LogP contribution in [-0.2, 0) is 24.2 Å². The second-order valence-electron chi connectivity index (χ2n) is 6.46. The third kappa shape index (κ3) is 4.46. The van der Waals surface area contributed by atoms with E-state index in [1.54, 1.807) is 12.1 Å². The molecule has 0 aliphatic rings. The van der Waals surface area contributed by atoms with Crippen molar-refractivity contribution in [2.24, 2.45) is 0 Å². The topological polar surface area (TPSA) is 90.5 Å². The summed E-state index contributed by atoms with van der Waals surface area (Å²) in [6.45, 7) is 0.0932. The van der Waals surface area contributed by atoms with Gasteiger partial charge in [-0.2, -0.15) is 0 Å². The van der Waals surface area contributed by atoms with Crippen molar-refractivity contribution >= 4 is 27.5 Å². The number of rotatable bonds is 7. The van der Waals surface area contributed by atoms with E-state index in [1.807, 2.05) is 18.2 Å². The Morgan fingerprint density at radius 3 is 2.40 bits per heavy atom. The van der Waals surface area contributed by atoms with E-state index in [1.165, 1.54) is 6.92 Å². The molecule has 0 aliphatic carbocycles. The normalized spacial score (nSPS) is 11.9. The highest BCUT2D eigenvalue weighted by molar-refractivity contribution is 7.20. The summed E-state index contributed by atoms with van der Waals surface area (Å²) in [5, 5.41) is 9.37. The molecule has 1 N–H and O–H groups in total. The van der Waals surface area contributed by atoms with Gasteiger partial charge in [-0.15, -0.1) is 24.5 Å². The van der Waals surface area contributed by atoms with Gasteiger partial charge in [0, 0.05) is 6.54 Å². The van der Waals surface area contributed by atoms with Crippen molar-refractivity contribution in [3.8, 4) is 0 Å². The molecule has 0 radical (unpaired) electrons. The van der Waals surface area contributed by atoms with E-state index in [4.69, 9.17) is 0 Å². The summed E-state index contributed by atoms with van der Waals surface area (Å²) in [4.78, 5) is 37.2. The lowest BCUT2D eigenvalue weighted by atomic mass is 10.1. The molecule has 0 fully saturated rings. The number of benzene rings is 1. The third-order valence-corrected chi connectivity index (χ3v) is 5.84. The number of aromatic nitrogens is 2. The molecule has 0 saturated carbocycles. The lowest BCUT2D eigenvalue weighted by Crippen LogP contribution is -2.41. The number of hydrogen-bond donors (Lipinski definition) is 1. The van der Waals surface area contributed by atoms with E-state index in [9.17, 15) is 32.7 Å². The Morgan fingerprint density at radius 1 is 1.13 bits per heavy atom. The highest BCUT2D eigenvalue weighted by Crippen LogP contribution is 2.28. The summed E-state index contributed by atoms with van der Waals surface area (Å²) in [5.74, 6) is -1.28. The van der Waals surface area contributed by atoms with Crippen LogP contribution < -0.4 is 11.2 Å². The number of fused-ring (bicyclic) bond motifs is 1. The number of aromatic carboxylic acids is 1. The minimum absolute atomic E-state index is 0.00452. The van der Waals surface area contributed by atoms with Gasteiger partial charge in [0.2, 0.25) is 0 Å². The Bertz CT molecular complexity index is 1200. The van der Waals surface area contributed by atoms with Crippen molar-refractivity contribution in [2.45, 2.75) is 32.8 Å². The van der Waals surface area contributed by atoms with Crippen molar-refractivity contribution < 1.29 is 27.8 Å². The number of thiophene rings is 1. The second-order valence-corrected chi connectivity index (χ2v) is 7.46. The molecule has 0 saturated heterocycles. The van der Waals surface area contributed by atoms with Crippen molar-refractivity contribution in [3.63, 3.8) is 0 Å². The SMILES string of the molecule is Cc1c(C(=O)O)sc2c1c(=O)n(CCc1ccccc1)c(=O)n2CCOC(F)(F)F. The lowest BCUT2D eigenvalue weighted by molar-refractivity contribution is -0.325. The van der Waals surface area contributed by atoms with E-state index >= 15 is 0 Å². The number of hydrogen-bond acceptors (Lipinski definition) is 5. The fourth-order valence-electron chi connectivity index (χ4n) is 3.13. The van der Waals surface area contributed by atoms with Crippen LogP contribution in [0, 0.1) is 6.92 Å². The van der Waals surface area contributed by atoms with E-state index < -0.39 is 36.7 Å². The van der Waals surface area contributed by atoms with E-state index in [0.29, 0.717) is 17.8 Å². The summed E-state index contributed by atoms with van der Waals surface area (Å²) in [5.41, 5.74) is -0.442. The molecular weight excluding hydrogens is 425 g/mol. The second kappa shape index (κ2) is 8.44. The number of halogens is 3. The van der Waals surface area contributed by atoms with Crippen LogP contribution in [0.15, 0.2) is 39.9 Å². The maximum atomic E-state index is 13.0. The van der Waals surface area contributed by atoms with Gasteiger partial charge in [0.15, 0.2) is 0 Å². The van der Waals surface area contributed by atoms with Crippen LogP contribution in [0.5, 0.6) is 0 Å². The molecule has 0 spiro atoms. The minimum Gasteiger partial charge on any atom is -0.477 e. The number of carbonyl (C=O) groups is 1. The summed E-state index contributed by atoms with van der Waals surface area (Å²) in [6, 6.07) is 9.05. The van der Waals surface area contributed by atoms with Gasteiger partial charge in [-0.1, -0.05) is 30.3 Å². The number of carboxylic acids is 1. The number of carboxylic acid groups (broad SMARTS) is 1. The third-order valence-electron chi connectivity index (χ3n) is 4.54. The Kier molecular flexibility index (Phi) is 6.13. The van der Waals surface area contributed by atoms with Crippen molar-refractivity contribution in [2.75, 3.05) is 6.61 Å². The van der Waals surface area contributed by atoms with Crippen molar-refractivity contribution in [3.05, 3.63) is 67.2 Å². The monoisotopic (exact) mass is 442 g/mol. The van der Waals surface area contributed by atoms with E-state index in [2.05, 4.69) is 4.74 Å². The van der Waals surface area contributed by atoms with Gasteiger partial charge in [-0.05, 0) is 24.5 Å². The van der Waals surface area contributed by atoms with Gasteiger partial charge < -0.3 is 5.11 Å². The molecule has 0 aliphatic heterocycles. The lowest BCUT2D eigenvalue weighted by Gasteiger charge is -2.13. The molecule has 11 heteroatoms. The zero-order chi connectivity index (χ0) is 22.1. The number of aryl methyl sites for hydroxylation is 2. The first kappa shape index (κ1) is 21.8. The molecule has 3 rings (SSSR count). The molecule has 1 aromatic carbocycles. The molecule has 3 aromatic rings. The van der Waals surface area contributed by atoms with Crippen LogP contribution in [0.1, 0.15) is 20.8 Å².